The van der Waals surface area contributed by atoms with Crippen LogP contribution in [0, 0.1) is 13.8 Å². The molecule has 5 nitrogen and oxygen atoms in total. The highest BCUT2D eigenvalue weighted by Gasteiger charge is 2.10. The van der Waals surface area contributed by atoms with E-state index < -0.39 is 0 Å². The number of ether oxygens (including phenoxy) is 1. The van der Waals surface area contributed by atoms with Gasteiger partial charge < -0.3 is 15.4 Å². The SMILES string of the molecule is CCNc1nc(C)nc(NC(C)CCOC)c1C. The van der Waals surface area contributed by atoms with Gasteiger partial charge in [0.2, 0.25) is 0 Å². The lowest BCUT2D eigenvalue weighted by Crippen LogP contribution is -2.20. The van der Waals surface area contributed by atoms with Crippen LogP contribution >= 0.6 is 0 Å². The lowest BCUT2D eigenvalue weighted by atomic mass is 10.2. The van der Waals surface area contributed by atoms with E-state index in [-0.39, 0.29) is 0 Å². The van der Waals surface area contributed by atoms with E-state index in [1.807, 2.05) is 13.8 Å². The molecular formula is C13H24N4O. The van der Waals surface area contributed by atoms with Crippen molar-refractivity contribution in [1.29, 1.82) is 0 Å². The second kappa shape index (κ2) is 7.16. The number of hydrogen-bond donors (Lipinski definition) is 2. The third-order valence-electron chi connectivity index (χ3n) is 2.74. The normalized spacial score (nSPS) is 12.3. The predicted octanol–water partition coefficient (Wildman–Crippen LogP) is 2.36. The van der Waals surface area contributed by atoms with E-state index in [4.69, 9.17) is 4.74 Å². The van der Waals surface area contributed by atoms with E-state index in [2.05, 4.69) is 34.4 Å². The summed E-state index contributed by atoms with van der Waals surface area (Å²) in [6.07, 6.45) is 0.954. The molecule has 0 aliphatic carbocycles. The summed E-state index contributed by atoms with van der Waals surface area (Å²) in [5.74, 6) is 2.59. The molecule has 1 rings (SSSR count). The minimum atomic E-state index is 0.326. The zero-order chi connectivity index (χ0) is 13.5. The fraction of sp³-hybridized carbons (Fsp3) is 0.692. The molecule has 1 atom stereocenters. The number of methoxy groups -OCH3 is 1. The van der Waals surface area contributed by atoms with Crippen LogP contribution in [0.1, 0.15) is 31.7 Å². The van der Waals surface area contributed by atoms with Crippen LogP contribution in [-0.2, 0) is 4.74 Å². The van der Waals surface area contributed by atoms with Gasteiger partial charge in [-0.1, -0.05) is 0 Å². The maximum absolute atomic E-state index is 5.08. The van der Waals surface area contributed by atoms with Crippen LogP contribution in [-0.4, -0.2) is 36.3 Å². The Kier molecular flexibility index (Phi) is 5.85. The Morgan fingerprint density at radius 2 is 1.89 bits per heavy atom. The third kappa shape index (κ3) is 4.14. The first-order valence-electron chi connectivity index (χ1n) is 6.43. The van der Waals surface area contributed by atoms with Gasteiger partial charge in [-0.15, -0.1) is 0 Å². The van der Waals surface area contributed by atoms with Gasteiger partial charge in [0, 0.05) is 31.9 Å². The molecule has 0 fully saturated rings. The molecule has 0 saturated carbocycles. The smallest absolute Gasteiger partial charge is 0.134 e. The number of nitrogens with one attached hydrogen (secondary N) is 2. The number of aromatic nitrogens is 2. The van der Waals surface area contributed by atoms with Gasteiger partial charge in [0.15, 0.2) is 0 Å². The molecule has 0 saturated heterocycles. The lowest BCUT2D eigenvalue weighted by Gasteiger charge is -2.18. The molecule has 0 amide bonds. The summed E-state index contributed by atoms with van der Waals surface area (Å²) in [6, 6.07) is 0.326. The van der Waals surface area contributed by atoms with Gasteiger partial charge in [0.05, 0.1) is 0 Å². The van der Waals surface area contributed by atoms with E-state index in [0.717, 1.165) is 42.6 Å². The van der Waals surface area contributed by atoms with Gasteiger partial charge in [-0.2, -0.15) is 0 Å². The van der Waals surface area contributed by atoms with E-state index in [9.17, 15) is 0 Å². The highest BCUT2D eigenvalue weighted by atomic mass is 16.5. The molecule has 0 aliphatic rings. The average Bonchev–Trinajstić information content (AvgIpc) is 2.32. The Balaban J connectivity index is 2.81. The van der Waals surface area contributed by atoms with Gasteiger partial charge in [-0.25, -0.2) is 9.97 Å². The van der Waals surface area contributed by atoms with Crippen molar-refractivity contribution in [1.82, 2.24) is 9.97 Å². The number of hydrogen-bond acceptors (Lipinski definition) is 5. The van der Waals surface area contributed by atoms with E-state index in [0.29, 0.717) is 6.04 Å². The Morgan fingerprint density at radius 3 is 2.50 bits per heavy atom. The molecule has 0 bridgehead atoms. The monoisotopic (exact) mass is 252 g/mol. The van der Waals surface area contributed by atoms with E-state index >= 15 is 0 Å². The highest BCUT2D eigenvalue weighted by molar-refractivity contribution is 5.57. The summed E-state index contributed by atoms with van der Waals surface area (Å²) >= 11 is 0. The summed E-state index contributed by atoms with van der Waals surface area (Å²) < 4.78 is 5.08. The standard InChI is InChI=1S/C13H24N4O/c1-6-14-12-10(3)13(17-11(4)16-12)15-9(2)7-8-18-5/h9H,6-8H2,1-5H3,(H2,14,15,16,17). The maximum atomic E-state index is 5.08. The minimum absolute atomic E-state index is 0.326. The van der Waals surface area contributed by atoms with Crippen molar-refractivity contribution in [3.8, 4) is 0 Å². The van der Waals surface area contributed by atoms with Gasteiger partial charge in [0.1, 0.15) is 17.5 Å². The van der Waals surface area contributed by atoms with Crippen LogP contribution in [0.15, 0.2) is 0 Å². The molecule has 18 heavy (non-hydrogen) atoms. The van der Waals surface area contributed by atoms with Crippen LogP contribution in [0.4, 0.5) is 11.6 Å². The minimum Gasteiger partial charge on any atom is -0.385 e. The van der Waals surface area contributed by atoms with Crippen molar-refractivity contribution in [2.75, 3.05) is 30.9 Å². The summed E-state index contributed by atoms with van der Waals surface area (Å²) in [5.41, 5.74) is 1.06. The number of rotatable bonds is 7. The first-order valence-corrected chi connectivity index (χ1v) is 6.43. The molecule has 1 unspecified atom stereocenters. The highest BCUT2D eigenvalue weighted by Crippen LogP contribution is 2.20. The molecule has 0 aliphatic heterocycles. The van der Waals surface area contributed by atoms with Gasteiger partial charge >= 0.3 is 0 Å². The molecule has 1 aromatic heterocycles. The molecule has 1 heterocycles. The number of aryl methyl sites for hydroxylation is 1. The first kappa shape index (κ1) is 14.7. The Morgan fingerprint density at radius 1 is 1.22 bits per heavy atom. The maximum Gasteiger partial charge on any atom is 0.134 e. The van der Waals surface area contributed by atoms with Crippen molar-refractivity contribution >= 4 is 11.6 Å². The molecule has 102 valence electrons. The molecule has 1 aromatic rings. The fourth-order valence-electron chi connectivity index (χ4n) is 1.71. The van der Waals surface area contributed by atoms with Crippen molar-refractivity contribution in [3.05, 3.63) is 11.4 Å². The van der Waals surface area contributed by atoms with Crippen molar-refractivity contribution in [2.45, 2.75) is 40.2 Å². The zero-order valence-electron chi connectivity index (χ0n) is 12.0. The molecular weight excluding hydrogens is 228 g/mol. The molecule has 0 spiro atoms. The number of anilines is 2. The second-order valence-corrected chi connectivity index (χ2v) is 4.45. The topological polar surface area (TPSA) is 59.1 Å². The van der Waals surface area contributed by atoms with Crippen LogP contribution in [0.5, 0.6) is 0 Å². The molecule has 5 heteroatoms. The zero-order valence-corrected chi connectivity index (χ0v) is 12.0. The third-order valence-corrected chi connectivity index (χ3v) is 2.74. The number of nitrogens with zero attached hydrogens (tertiary/aromatic N) is 2. The Hall–Kier alpha value is -1.36. The summed E-state index contributed by atoms with van der Waals surface area (Å²) in [5, 5.41) is 6.67. The van der Waals surface area contributed by atoms with Gasteiger partial charge in [0.25, 0.3) is 0 Å². The Bertz CT molecular complexity index is 381. The van der Waals surface area contributed by atoms with Gasteiger partial charge in [-0.05, 0) is 34.1 Å². The van der Waals surface area contributed by atoms with Crippen molar-refractivity contribution in [3.63, 3.8) is 0 Å². The van der Waals surface area contributed by atoms with Crippen molar-refractivity contribution < 1.29 is 4.74 Å². The second-order valence-electron chi connectivity index (χ2n) is 4.45. The predicted molar refractivity (Wildman–Crippen MR) is 75.2 cm³/mol. The lowest BCUT2D eigenvalue weighted by molar-refractivity contribution is 0.191. The first-order chi connectivity index (χ1) is 8.58. The van der Waals surface area contributed by atoms with Crippen LogP contribution < -0.4 is 10.6 Å². The summed E-state index contributed by atoms with van der Waals surface area (Å²) in [6.45, 7) is 9.73. The van der Waals surface area contributed by atoms with Crippen molar-refractivity contribution in [2.24, 2.45) is 0 Å². The van der Waals surface area contributed by atoms with Crippen LogP contribution in [0.2, 0.25) is 0 Å². The Labute approximate surface area is 109 Å². The van der Waals surface area contributed by atoms with E-state index in [1.54, 1.807) is 7.11 Å². The largest absolute Gasteiger partial charge is 0.385 e. The van der Waals surface area contributed by atoms with E-state index in [1.165, 1.54) is 0 Å². The van der Waals surface area contributed by atoms with Crippen LogP contribution in [0.25, 0.3) is 0 Å². The molecule has 0 radical (unpaired) electrons. The molecule has 2 N–H and O–H groups in total. The molecule has 0 aromatic carbocycles. The van der Waals surface area contributed by atoms with Crippen LogP contribution in [0.3, 0.4) is 0 Å². The summed E-state index contributed by atoms with van der Waals surface area (Å²) in [7, 11) is 1.72. The summed E-state index contributed by atoms with van der Waals surface area (Å²) in [4.78, 5) is 8.87. The fourth-order valence-corrected chi connectivity index (χ4v) is 1.71. The average molecular weight is 252 g/mol. The van der Waals surface area contributed by atoms with Gasteiger partial charge in [-0.3, -0.25) is 0 Å². The quantitative estimate of drug-likeness (QED) is 0.780.